The van der Waals surface area contributed by atoms with Crippen molar-refractivity contribution in [3.63, 3.8) is 0 Å². The van der Waals surface area contributed by atoms with Crippen LogP contribution in [0.1, 0.15) is 17.7 Å². The summed E-state index contributed by atoms with van der Waals surface area (Å²) < 4.78 is 53.6. The highest BCUT2D eigenvalue weighted by molar-refractivity contribution is 6.31. The van der Waals surface area contributed by atoms with E-state index in [0.29, 0.717) is 6.07 Å². The fraction of sp³-hybridized carbons (Fsp3) is 0.333. The summed E-state index contributed by atoms with van der Waals surface area (Å²) in [6.45, 7) is 0.755. The number of carboxylic acids is 1. The lowest BCUT2D eigenvalue weighted by Gasteiger charge is -2.27. The molecule has 1 aromatic heterocycles. The average molecular weight is 503 g/mol. The number of rotatable bonds is 6. The number of benzene rings is 1. The second-order valence-corrected chi connectivity index (χ2v) is 8.01. The number of alkyl halides is 3. The van der Waals surface area contributed by atoms with E-state index < -0.39 is 53.7 Å². The molecule has 3 rings (SSSR count). The summed E-state index contributed by atoms with van der Waals surface area (Å²) in [6, 6.07) is 2.76. The number of aryl methyl sites for hydroxylation is 1. The summed E-state index contributed by atoms with van der Waals surface area (Å²) in [5.74, 6) is -3.03. The van der Waals surface area contributed by atoms with E-state index in [2.05, 4.69) is 4.98 Å². The first kappa shape index (κ1) is 25.2. The average Bonchev–Trinajstić information content (AvgIpc) is 3.08. The molecule has 0 bridgehead atoms. The third kappa shape index (κ3) is 5.22. The summed E-state index contributed by atoms with van der Waals surface area (Å²) in [5.41, 5.74) is -0.913. The molecule has 2 heterocycles. The molecule has 1 fully saturated rings. The highest BCUT2D eigenvalue weighted by Gasteiger charge is 2.45. The standard InChI is InChI=1S/C21H19ClF4N4O4/c1-11-7-12(21(24,25)26)8-17(27-11)30-16(10-29(20(30)34)6-5-18(31)32)19(33)28(2)13-3-4-15(23)14(22)9-13/h3-4,7-9,16H,5-6,10H2,1-2H3,(H,31,32)/t16-/m0/s1. The maximum Gasteiger partial charge on any atom is 0.416 e. The van der Waals surface area contributed by atoms with E-state index in [4.69, 9.17) is 16.7 Å². The van der Waals surface area contributed by atoms with Gasteiger partial charge in [-0.1, -0.05) is 11.6 Å². The molecule has 182 valence electrons. The molecule has 2 aromatic rings. The largest absolute Gasteiger partial charge is 0.481 e. The van der Waals surface area contributed by atoms with Crippen molar-refractivity contribution >= 4 is 41.0 Å². The van der Waals surface area contributed by atoms with Gasteiger partial charge in [0, 0.05) is 25.0 Å². The van der Waals surface area contributed by atoms with Crippen LogP contribution in [0.25, 0.3) is 0 Å². The molecule has 0 saturated carbocycles. The van der Waals surface area contributed by atoms with E-state index in [-0.39, 0.29) is 29.5 Å². The van der Waals surface area contributed by atoms with Crippen molar-refractivity contribution in [2.45, 2.75) is 25.6 Å². The molecule has 0 aliphatic carbocycles. The number of carboxylic acid groups (broad SMARTS) is 1. The van der Waals surface area contributed by atoms with Crippen LogP contribution >= 0.6 is 11.6 Å². The van der Waals surface area contributed by atoms with Gasteiger partial charge in [0.15, 0.2) is 0 Å². The SMILES string of the molecule is Cc1cc(C(F)(F)F)cc(N2C(=O)N(CCC(=O)O)C[C@H]2C(=O)N(C)c2ccc(F)c(Cl)c2)n1. The molecule has 1 atom stereocenters. The number of hydrogen-bond acceptors (Lipinski definition) is 4. The van der Waals surface area contributed by atoms with Crippen molar-refractivity contribution in [3.8, 4) is 0 Å². The van der Waals surface area contributed by atoms with Gasteiger partial charge in [-0.05, 0) is 37.3 Å². The van der Waals surface area contributed by atoms with Crippen LogP contribution in [-0.2, 0) is 15.8 Å². The van der Waals surface area contributed by atoms with Crippen LogP contribution in [0.3, 0.4) is 0 Å². The molecule has 1 aromatic carbocycles. The van der Waals surface area contributed by atoms with Crippen molar-refractivity contribution in [1.82, 2.24) is 9.88 Å². The van der Waals surface area contributed by atoms with Crippen molar-refractivity contribution < 1.29 is 37.1 Å². The third-order valence-electron chi connectivity index (χ3n) is 5.20. The molecule has 1 aliphatic rings. The van der Waals surface area contributed by atoms with Crippen molar-refractivity contribution in [3.05, 3.63) is 52.4 Å². The minimum atomic E-state index is -4.73. The number of nitrogens with zero attached hydrogens (tertiary/aromatic N) is 4. The fourth-order valence-corrected chi connectivity index (χ4v) is 3.68. The lowest BCUT2D eigenvalue weighted by Crippen LogP contribution is -2.47. The van der Waals surface area contributed by atoms with Gasteiger partial charge < -0.3 is 14.9 Å². The number of pyridine rings is 1. The summed E-state index contributed by atoms with van der Waals surface area (Å²) in [5, 5.41) is 8.70. The predicted molar refractivity (Wildman–Crippen MR) is 114 cm³/mol. The topological polar surface area (TPSA) is 94.1 Å². The van der Waals surface area contributed by atoms with Gasteiger partial charge in [-0.25, -0.2) is 14.2 Å². The number of aliphatic carboxylic acids is 1. The quantitative estimate of drug-likeness (QED) is 0.604. The molecule has 1 saturated heterocycles. The Hall–Kier alpha value is -3.41. The van der Waals surface area contributed by atoms with E-state index in [1.807, 2.05) is 0 Å². The van der Waals surface area contributed by atoms with Crippen LogP contribution in [0.5, 0.6) is 0 Å². The highest BCUT2D eigenvalue weighted by atomic mass is 35.5. The van der Waals surface area contributed by atoms with Gasteiger partial charge in [0.2, 0.25) is 0 Å². The Labute approximate surface area is 196 Å². The Bertz CT molecular complexity index is 1140. The molecular formula is C21H19ClF4N4O4. The smallest absolute Gasteiger partial charge is 0.416 e. The number of likely N-dealkylation sites (N-methyl/N-ethyl adjacent to an activating group) is 1. The van der Waals surface area contributed by atoms with Crippen LogP contribution in [0.15, 0.2) is 30.3 Å². The summed E-state index contributed by atoms with van der Waals surface area (Å²) in [4.78, 5) is 44.3. The van der Waals surface area contributed by atoms with Crippen molar-refractivity contribution in [1.29, 1.82) is 0 Å². The van der Waals surface area contributed by atoms with Crippen molar-refractivity contribution in [2.75, 3.05) is 29.9 Å². The Morgan fingerprint density at radius 2 is 1.94 bits per heavy atom. The number of amides is 3. The normalized spacial score (nSPS) is 16.2. The van der Waals surface area contributed by atoms with E-state index in [1.54, 1.807) is 0 Å². The van der Waals surface area contributed by atoms with Gasteiger partial charge in [-0.2, -0.15) is 13.2 Å². The lowest BCUT2D eigenvalue weighted by molar-refractivity contribution is -0.138. The molecule has 0 spiro atoms. The monoisotopic (exact) mass is 502 g/mol. The Kier molecular flexibility index (Phi) is 7.01. The predicted octanol–water partition coefficient (Wildman–Crippen LogP) is 3.95. The third-order valence-corrected chi connectivity index (χ3v) is 5.49. The van der Waals surface area contributed by atoms with E-state index in [9.17, 15) is 31.9 Å². The highest BCUT2D eigenvalue weighted by Crippen LogP contribution is 2.34. The lowest BCUT2D eigenvalue weighted by atomic mass is 10.1. The second-order valence-electron chi connectivity index (χ2n) is 7.61. The van der Waals surface area contributed by atoms with E-state index in [1.165, 1.54) is 26.1 Å². The zero-order chi connectivity index (χ0) is 25.4. The van der Waals surface area contributed by atoms with E-state index in [0.717, 1.165) is 26.8 Å². The Morgan fingerprint density at radius 1 is 1.26 bits per heavy atom. The van der Waals surface area contributed by atoms with E-state index >= 15 is 0 Å². The van der Waals surface area contributed by atoms with Gasteiger partial charge in [0.05, 0.1) is 23.6 Å². The molecule has 0 radical (unpaired) electrons. The molecule has 1 N–H and O–H groups in total. The number of carbonyl (C=O) groups excluding carboxylic acids is 2. The van der Waals surface area contributed by atoms with Gasteiger partial charge >= 0.3 is 18.2 Å². The number of aromatic nitrogens is 1. The summed E-state index contributed by atoms with van der Waals surface area (Å²) in [6.07, 6.45) is -5.16. The fourth-order valence-electron chi connectivity index (χ4n) is 3.50. The van der Waals surface area contributed by atoms with Gasteiger partial charge in [0.1, 0.15) is 17.7 Å². The molecule has 3 amide bonds. The van der Waals surface area contributed by atoms with Gasteiger partial charge in [-0.3, -0.25) is 14.5 Å². The minimum absolute atomic E-state index is 0.0357. The molecule has 13 heteroatoms. The number of carbonyl (C=O) groups is 3. The Morgan fingerprint density at radius 3 is 2.53 bits per heavy atom. The first-order valence-corrected chi connectivity index (χ1v) is 10.3. The summed E-state index contributed by atoms with van der Waals surface area (Å²) in [7, 11) is 1.33. The van der Waals surface area contributed by atoms with Gasteiger partial charge in [0.25, 0.3) is 5.91 Å². The minimum Gasteiger partial charge on any atom is -0.481 e. The van der Waals surface area contributed by atoms with Crippen LogP contribution in [0.4, 0.5) is 33.9 Å². The Balaban J connectivity index is 2.02. The van der Waals surface area contributed by atoms with Crippen molar-refractivity contribution in [2.24, 2.45) is 0 Å². The molecule has 0 unspecified atom stereocenters. The second kappa shape index (κ2) is 9.45. The van der Waals surface area contributed by atoms with Crippen LogP contribution < -0.4 is 9.80 Å². The maximum atomic E-state index is 13.5. The number of urea groups is 1. The molecule has 1 aliphatic heterocycles. The molecule has 34 heavy (non-hydrogen) atoms. The maximum absolute atomic E-state index is 13.5. The number of hydrogen-bond donors (Lipinski definition) is 1. The zero-order valence-corrected chi connectivity index (χ0v) is 18.7. The first-order valence-electron chi connectivity index (χ1n) is 9.88. The number of halogens is 5. The zero-order valence-electron chi connectivity index (χ0n) is 17.9. The van der Waals surface area contributed by atoms with Crippen LogP contribution in [0, 0.1) is 12.7 Å². The molecular weight excluding hydrogens is 484 g/mol. The van der Waals surface area contributed by atoms with Crippen LogP contribution in [0.2, 0.25) is 5.02 Å². The number of anilines is 2. The first-order chi connectivity index (χ1) is 15.8. The van der Waals surface area contributed by atoms with Crippen LogP contribution in [-0.4, -0.2) is 59.1 Å². The molecule has 8 nitrogen and oxygen atoms in total. The summed E-state index contributed by atoms with van der Waals surface area (Å²) >= 11 is 5.78. The van der Waals surface area contributed by atoms with Gasteiger partial charge in [-0.15, -0.1) is 0 Å².